The molecule has 0 saturated heterocycles. The summed E-state index contributed by atoms with van der Waals surface area (Å²) >= 11 is 0. The fourth-order valence-corrected chi connectivity index (χ4v) is 5.55. The number of rotatable bonds is 7. The van der Waals surface area contributed by atoms with Crippen molar-refractivity contribution in [1.29, 1.82) is 0 Å². The average Bonchev–Trinajstić information content (AvgIpc) is 2.89. The first-order chi connectivity index (χ1) is 19.8. The lowest BCUT2D eigenvalue weighted by atomic mass is 9.72. The van der Waals surface area contributed by atoms with E-state index in [2.05, 4.69) is 32.9 Å². The number of benzene rings is 2. The number of hydrogen-bond donors (Lipinski definition) is 4. The van der Waals surface area contributed by atoms with Crippen LogP contribution in [0.3, 0.4) is 0 Å². The number of phenolic OH excluding ortho intramolecular Hbond substituents is 3. The van der Waals surface area contributed by atoms with Crippen LogP contribution in [0.5, 0.6) is 28.7 Å². The fourth-order valence-electron chi connectivity index (χ4n) is 5.55. The number of aliphatic hydroxyl groups is 1. The van der Waals surface area contributed by atoms with Crippen molar-refractivity contribution in [2.75, 3.05) is 0 Å². The number of aromatic hydroxyl groups is 3. The van der Waals surface area contributed by atoms with Gasteiger partial charge >= 0.3 is 5.97 Å². The summed E-state index contributed by atoms with van der Waals surface area (Å²) in [6.45, 7) is 10.6. The van der Waals surface area contributed by atoms with Crippen molar-refractivity contribution >= 4 is 5.97 Å². The summed E-state index contributed by atoms with van der Waals surface area (Å²) in [4.78, 5) is 12.5. The van der Waals surface area contributed by atoms with Crippen LogP contribution in [0.4, 0.5) is 0 Å². The van der Waals surface area contributed by atoms with Gasteiger partial charge in [-0.05, 0) is 74.3 Å². The van der Waals surface area contributed by atoms with Gasteiger partial charge in [0.25, 0.3) is 0 Å². The van der Waals surface area contributed by atoms with Crippen molar-refractivity contribution in [3.8, 4) is 28.7 Å². The van der Waals surface area contributed by atoms with Gasteiger partial charge in [-0.3, -0.25) is 0 Å². The molecule has 0 unspecified atom stereocenters. The van der Waals surface area contributed by atoms with Crippen LogP contribution in [0.15, 0.2) is 89.1 Å². The Morgan fingerprint density at radius 3 is 2.52 bits per heavy atom. The number of fused-ring (bicyclic) bond motifs is 1. The maximum atomic E-state index is 12.5. The topological polar surface area (TPSA) is 116 Å². The van der Waals surface area contributed by atoms with Crippen molar-refractivity contribution in [3.05, 3.63) is 100 Å². The molecule has 42 heavy (non-hydrogen) atoms. The fraction of sp³-hybridized carbons (Fsp3) is 0.343. The molecule has 2 atom stereocenters. The Labute approximate surface area is 247 Å². The van der Waals surface area contributed by atoms with Gasteiger partial charge in [0.1, 0.15) is 23.4 Å². The summed E-state index contributed by atoms with van der Waals surface area (Å²) in [6, 6.07) is 6.90. The lowest BCUT2D eigenvalue weighted by Crippen LogP contribution is -2.30. The van der Waals surface area contributed by atoms with Gasteiger partial charge in [0, 0.05) is 30.2 Å². The lowest BCUT2D eigenvalue weighted by Gasteiger charge is -2.32. The molecule has 0 aromatic heterocycles. The van der Waals surface area contributed by atoms with E-state index in [1.807, 2.05) is 25.2 Å². The van der Waals surface area contributed by atoms with Gasteiger partial charge in [0.05, 0.1) is 6.10 Å². The van der Waals surface area contributed by atoms with Gasteiger partial charge in [0.15, 0.2) is 11.5 Å². The van der Waals surface area contributed by atoms with E-state index in [0.29, 0.717) is 16.7 Å². The molecule has 2 aliphatic rings. The third kappa shape index (κ3) is 7.34. The molecule has 4 rings (SSSR count). The smallest absolute Gasteiger partial charge is 0.336 e. The van der Waals surface area contributed by atoms with Crippen LogP contribution in [-0.2, 0) is 11.2 Å². The minimum absolute atomic E-state index is 0.0334. The van der Waals surface area contributed by atoms with E-state index in [-0.39, 0.29) is 40.6 Å². The highest BCUT2D eigenvalue weighted by molar-refractivity contribution is 5.85. The van der Waals surface area contributed by atoms with Gasteiger partial charge in [-0.1, -0.05) is 61.4 Å². The molecule has 0 amide bonds. The van der Waals surface area contributed by atoms with Crippen molar-refractivity contribution in [2.24, 2.45) is 5.41 Å². The molecular weight excluding hydrogens is 532 g/mol. The van der Waals surface area contributed by atoms with Crippen molar-refractivity contribution in [1.82, 2.24) is 0 Å². The molecule has 1 heterocycles. The lowest BCUT2D eigenvalue weighted by molar-refractivity contribution is -0.129. The molecule has 0 radical (unpaired) electrons. The average molecular weight is 573 g/mol. The van der Waals surface area contributed by atoms with Crippen LogP contribution in [0, 0.1) is 5.41 Å². The summed E-state index contributed by atoms with van der Waals surface area (Å²) in [6.07, 6.45) is 13.2. The molecular formula is C35H40O7. The molecule has 2 aromatic carbocycles. The third-order valence-electron chi connectivity index (χ3n) is 7.83. The zero-order valence-corrected chi connectivity index (χ0v) is 24.8. The Bertz CT molecular complexity index is 1500. The number of carbonyl (C=O) groups is 1. The third-order valence-corrected chi connectivity index (χ3v) is 7.83. The Balaban J connectivity index is 1.37. The Kier molecular flexibility index (Phi) is 9.32. The molecule has 1 aliphatic heterocycles. The molecule has 2 aromatic rings. The first-order valence-corrected chi connectivity index (χ1v) is 14.2. The largest absolute Gasteiger partial charge is 0.508 e. The maximum Gasteiger partial charge on any atom is 0.336 e. The first-order valence-electron chi connectivity index (χ1n) is 14.2. The van der Waals surface area contributed by atoms with Gasteiger partial charge in [-0.25, -0.2) is 4.79 Å². The summed E-state index contributed by atoms with van der Waals surface area (Å²) < 4.78 is 11.2. The molecule has 4 N–H and O–H groups in total. The number of hydrogen-bond acceptors (Lipinski definition) is 7. The van der Waals surface area contributed by atoms with Gasteiger partial charge < -0.3 is 29.9 Å². The van der Waals surface area contributed by atoms with Crippen LogP contribution in [0.2, 0.25) is 0 Å². The minimum atomic E-state index is -1.01. The van der Waals surface area contributed by atoms with E-state index in [1.54, 1.807) is 13.0 Å². The van der Waals surface area contributed by atoms with Crippen LogP contribution < -0.4 is 9.47 Å². The molecule has 7 heteroatoms. The molecule has 0 fully saturated rings. The number of aliphatic hydroxyl groups excluding tert-OH is 1. The van der Waals surface area contributed by atoms with Gasteiger partial charge in [-0.2, -0.15) is 0 Å². The van der Waals surface area contributed by atoms with Gasteiger partial charge in [0.2, 0.25) is 0 Å². The maximum absolute atomic E-state index is 12.5. The normalized spacial score (nSPS) is 21.0. The van der Waals surface area contributed by atoms with Crippen LogP contribution in [0.1, 0.15) is 71.1 Å². The molecule has 0 saturated carbocycles. The van der Waals surface area contributed by atoms with E-state index < -0.39 is 18.2 Å². The molecule has 0 spiro atoms. The number of ether oxygens (including phenoxy) is 2. The second kappa shape index (κ2) is 12.7. The minimum Gasteiger partial charge on any atom is -0.508 e. The Morgan fingerprint density at radius 2 is 1.81 bits per heavy atom. The van der Waals surface area contributed by atoms with Crippen LogP contribution in [0.25, 0.3) is 0 Å². The zero-order valence-electron chi connectivity index (χ0n) is 24.8. The second-order valence-electron chi connectivity index (χ2n) is 11.8. The quantitative estimate of drug-likeness (QED) is 0.119. The highest BCUT2D eigenvalue weighted by Crippen LogP contribution is 2.43. The number of esters is 1. The first kappa shape index (κ1) is 30.7. The predicted octanol–water partition coefficient (Wildman–Crippen LogP) is 7.28. The second-order valence-corrected chi connectivity index (χ2v) is 11.8. The van der Waals surface area contributed by atoms with Crippen molar-refractivity contribution in [3.63, 3.8) is 0 Å². The van der Waals surface area contributed by atoms with E-state index in [0.717, 1.165) is 12.0 Å². The predicted molar refractivity (Wildman–Crippen MR) is 163 cm³/mol. The number of phenols is 3. The number of carbonyl (C=O) groups excluding carboxylic acids is 1. The van der Waals surface area contributed by atoms with E-state index in [4.69, 9.17) is 9.47 Å². The molecule has 222 valence electrons. The SMILES string of the molecule is CC1=C(/C=C/C(C)=C/C=C/C(C)=C/C(=O)Oc2ccc([C@@H]3Oc4cc(O)cc(O)c4C[C@H]3O)cc2O)C(C)(C)CCC1. The summed E-state index contributed by atoms with van der Waals surface area (Å²) in [5.41, 5.74) is 5.66. The monoisotopic (exact) mass is 572 g/mol. The highest BCUT2D eigenvalue weighted by atomic mass is 16.5. The molecule has 7 nitrogen and oxygen atoms in total. The van der Waals surface area contributed by atoms with E-state index >= 15 is 0 Å². The number of allylic oxidation sites excluding steroid dienone is 9. The van der Waals surface area contributed by atoms with Crippen LogP contribution in [-0.4, -0.2) is 32.5 Å². The van der Waals surface area contributed by atoms with Crippen LogP contribution >= 0.6 is 0 Å². The Hall–Kier alpha value is -4.23. The van der Waals surface area contributed by atoms with Crippen molar-refractivity contribution in [2.45, 2.75) is 72.5 Å². The Morgan fingerprint density at radius 1 is 1.05 bits per heavy atom. The van der Waals surface area contributed by atoms with Gasteiger partial charge in [-0.15, -0.1) is 0 Å². The summed E-state index contributed by atoms with van der Waals surface area (Å²) in [5, 5.41) is 40.9. The zero-order chi connectivity index (χ0) is 30.6. The van der Waals surface area contributed by atoms with E-state index in [9.17, 15) is 25.2 Å². The molecule has 0 bridgehead atoms. The highest BCUT2D eigenvalue weighted by Gasteiger charge is 2.32. The van der Waals surface area contributed by atoms with E-state index in [1.165, 1.54) is 54.3 Å². The summed E-state index contributed by atoms with van der Waals surface area (Å²) in [7, 11) is 0. The standard InChI is InChI=1S/C35H40O7/c1-21(11-13-27-23(3)10-7-15-35(27,4)5)8-6-9-22(2)16-33(40)41-31-14-12-24(17-29(31)38)34-30(39)20-26-28(37)18-25(36)19-32(26)42-34/h6,8-9,11-14,16-19,30,34,36-39H,7,10,15,20H2,1-5H3/b9-6+,13-11+,21-8+,22-16+/t30-,34+/m1/s1. The molecule has 1 aliphatic carbocycles. The summed E-state index contributed by atoms with van der Waals surface area (Å²) in [5.74, 6) is -1.06. The van der Waals surface area contributed by atoms with Crippen molar-refractivity contribution < 1.29 is 34.7 Å².